The van der Waals surface area contributed by atoms with E-state index in [1.165, 1.54) is 30.0 Å². The number of benzene rings is 2. The van der Waals surface area contributed by atoms with E-state index in [2.05, 4.69) is 38.1 Å². The Morgan fingerprint density at radius 1 is 1.00 bits per heavy atom. The molecule has 2 aromatic rings. The highest BCUT2D eigenvalue weighted by molar-refractivity contribution is 5.87. The minimum absolute atomic E-state index is 0.262. The van der Waals surface area contributed by atoms with E-state index >= 15 is 0 Å². The lowest BCUT2D eigenvalue weighted by Gasteiger charge is -2.13. The molecule has 0 aliphatic rings. The van der Waals surface area contributed by atoms with Crippen molar-refractivity contribution in [2.75, 3.05) is 6.61 Å². The third-order valence-electron chi connectivity index (χ3n) is 4.43. The molecule has 2 heteroatoms. The Morgan fingerprint density at radius 2 is 1.68 bits per heavy atom. The van der Waals surface area contributed by atoms with Crippen molar-refractivity contribution in [1.29, 1.82) is 0 Å². The van der Waals surface area contributed by atoms with Gasteiger partial charge in [0.15, 0.2) is 0 Å². The molecule has 2 nitrogen and oxygen atoms in total. The summed E-state index contributed by atoms with van der Waals surface area (Å²) in [6.07, 6.45) is 7.89. The van der Waals surface area contributed by atoms with Crippen molar-refractivity contribution in [3.8, 4) is 11.1 Å². The van der Waals surface area contributed by atoms with Crippen LogP contribution in [0.25, 0.3) is 17.2 Å². The Labute approximate surface area is 151 Å². The highest BCUT2D eigenvalue weighted by Gasteiger charge is 2.08. The van der Waals surface area contributed by atoms with E-state index < -0.39 is 0 Å². The van der Waals surface area contributed by atoms with Gasteiger partial charge in [-0.2, -0.15) is 0 Å². The van der Waals surface area contributed by atoms with Crippen LogP contribution in [0.15, 0.2) is 60.7 Å². The number of ether oxygens (including phenoxy) is 1. The van der Waals surface area contributed by atoms with Gasteiger partial charge < -0.3 is 4.74 Å². The first-order valence-electron chi connectivity index (χ1n) is 9.23. The van der Waals surface area contributed by atoms with Gasteiger partial charge in [0.25, 0.3) is 0 Å². The Bertz CT molecular complexity index is 656. The zero-order chi connectivity index (χ0) is 17.9. The molecule has 0 aromatic heterocycles. The minimum Gasteiger partial charge on any atom is -0.462 e. The van der Waals surface area contributed by atoms with Crippen LogP contribution in [0, 0.1) is 5.92 Å². The summed E-state index contributed by atoms with van der Waals surface area (Å²) < 4.78 is 5.38. The Balaban J connectivity index is 1.85. The summed E-state index contributed by atoms with van der Waals surface area (Å²) in [5.74, 6) is 0.213. The van der Waals surface area contributed by atoms with Crippen LogP contribution in [0.2, 0.25) is 0 Å². The molecular formula is C23H28O2. The molecule has 2 aromatic carbocycles. The number of rotatable bonds is 9. The fourth-order valence-electron chi connectivity index (χ4n) is 2.73. The number of hydrogen-bond donors (Lipinski definition) is 0. The molecule has 0 spiro atoms. The maximum absolute atomic E-state index is 11.9. The van der Waals surface area contributed by atoms with Crippen LogP contribution in [0.5, 0.6) is 0 Å². The minimum atomic E-state index is -0.262. The fraction of sp³-hybridized carbons (Fsp3) is 0.348. The Hall–Kier alpha value is -2.35. The molecule has 0 bridgehead atoms. The second kappa shape index (κ2) is 10.5. The number of carbonyl (C=O) groups is 1. The van der Waals surface area contributed by atoms with Gasteiger partial charge in [0.2, 0.25) is 0 Å². The van der Waals surface area contributed by atoms with Gasteiger partial charge in [-0.15, -0.1) is 0 Å². The molecule has 1 atom stereocenters. The number of esters is 1. The van der Waals surface area contributed by atoms with Crippen molar-refractivity contribution in [3.05, 3.63) is 66.2 Å². The summed E-state index contributed by atoms with van der Waals surface area (Å²) in [6.45, 7) is 4.86. The first kappa shape index (κ1) is 19.0. The van der Waals surface area contributed by atoms with E-state index in [0.29, 0.717) is 12.5 Å². The van der Waals surface area contributed by atoms with Crippen molar-refractivity contribution < 1.29 is 9.53 Å². The predicted octanol–water partition coefficient (Wildman–Crippen LogP) is 6.13. The summed E-state index contributed by atoms with van der Waals surface area (Å²) in [4.78, 5) is 11.9. The van der Waals surface area contributed by atoms with Crippen LogP contribution < -0.4 is 0 Å². The van der Waals surface area contributed by atoms with Gasteiger partial charge in [0.1, 0.15) is 0 Å². The molecule has 0 amide bonds. The lowest BCUT2D eigenvalue weighted by molar-refractivity contribution is -0.139. The lowest BCUT2D eigenvalue weighted by atomic mass is 10.0. The van der Waals surface area contributed by atoms with Gasteiger partial charge in [-0.3, -0.25) is 0 Å². The molecule has 0 fully saturated rings. The van der Waals surface area contributed by atoms with E-state index in [0.717, 1.165) is 18.4 Å². The lowest BCUT2D eigenvalue weighted by Crippen LogP contribution is -2.12. The van der Waals surface area contributed by atoms with E-state index in [1.54, 1.807) is 0 Å². The molecular weight excluding hydrogens is 308 g/mol. The standard InChI is InChI=1S/C23H28O2/c1-3-5-9-19(4-2)18-25-23(24)17-14-20-12-15-22(16-13-20)21-10-7-6-8-11-21/h6-8,10-17,19H,3-5,9,18H2,1-2H3/b17-14+. The van der Waals surface area contributed by atoms with Crippen molar-refractivity contribution in [3.63, 3.8) is 0 Å². The third-order valence-corrected chi connectivity index (χ3v) is 4.43. The van der Waals surface area contributed by atoms with Crippen molar-refractivity contribution in [2.24, 2.45) is 5.92 Å². The Morgan fingerprint density at radius 3 is 2.32 bits per heavy atom. The summed E-state index contributed by atoms with van der Waals surface area (Å²) in [6, 6.07) is 18.4. The highest BCUT2D eigenvalue weighted by Crippen LogP contribution is 2.19. The molecule has 0 N–H and O–H groups in total. The first-order valence-corrected chi connectivity index (χ1v) is 9.23. The monoisotopic (exact) mass is 336 g/mol. The molecule has 0 saturated carbocycles. The average molecular weight is 336 g/mol. The zero-order valence-corrected chi connectivity index (χ0v) is 15.3. The van der Waals surface area contributed by atoms with Gasteiger partial charge in [-0.05, 0) is 35.1 Å². The quantitative estimate of drug-likeness (QED) is 0.407. The van der Waals surface area contributed by atoms with Crippen LogP contribution in [-0.4, -0.2) is 12.6 Å². The Kier molecular flexibility index (Phi) is 7.97. The van der Waals surface area contributed by atoms with E-state index in [9.17, 15) is 4.79 Å². The van der Waals surface area contributed by atoms with Gasteiger partial charge in [0.05, 0.1) is 6.61 Å². The summed E-state index contributed by atoms with van der Waals surface area (Å²) in [5.41, 5.74) is 3.35. The van der Waals surface area contributed by atoms with Gasteiger partial charge in [-0.25, -0.2) is 4.79 Å². The van der Waals surface area contributed by atoms with E-state index in [4.69, 9.17) is 4.74 Å². The molecule has 0 aliphatic carbocycles. The van der Waals surface area contributed by atoms with Gasteiger partial charge >= 0.3 is 5.97 Å². The molecule has 25 heavy (non-hydrogen) atoms. The van der Waals surface area contributed by atoms with Crippen LogP contribution in [0.1, 0.15) is 45.1 Å². The van der Waals surface area contributed by atoms with E-state index in [1.807, 2.05) is 36.4 Å². The molecule has 0 saturated heterocycles. The van der Waals surface area contributed by atoms with Crippen LogP contribution in [-0.2, 0) is 9.53 Å². The summed E-state index contributed by atoms with van der Waals surface area (Å²) in [5, 5.41) is 0. The number of carbonyl (C=O) groups excluding carboxylic acids is 1. The second-order valence-corrected chi connectivity index (χ2v) is 6.37. The molecule has 0 heterocycles. The molecule has 1 unspecified atom stereocenters. The number of unbranched alkanes of at least 4 members (excludes halogenated alkanes) is 1. The summed E-state index contributed by atoms with van der Waals surface area (Å²) >= 11 is 0. The third kappa shape index (κ3) is 6.58. The fourth-order valence-corrected chi connectivity index (χ4v) is 2.73. The number of hydrogen-bond acceptors (Lipinski definition) is 2. The summed E-state index contributed by atoms with van der Waals surface area (Å²) in [7, 11) is 0. The molecule has 2 rings (SSSR count). The zero-order valence-electron chi connectivity index (χ0n) is 15.3. The smallest absolute Gasteiger partial charge is 0.330 e. The molecule has 0 aliphatic heterocycles. The van der Waals surface area contributed by atoms with E-state index in [-0.39, 0.29) is 5.97 Å². The maximum atomic E-state index is 11.9. The SMILES string of the molecule is CCCCC(CC)COC(=O)/C=C/c1ccc(-c2ccccc2)cc1. The second-order valence-electron chi connectivity index (χ2n) is 6.37. The van der Waals surface area contributed by atoms with Crippen LogP contribution in [0.3, 0.4) is 0 Å². The van der Waals surface area contributed by atoms with Gasteiger partial charge in [0, 0.05) is 6.08 Å². The topological polar surface area (TPSA) is 26.3 Å². The van der Waals surface area contributed by atoms with Gasteiger partial charge in [-0.1, -0.05) is 87.7 Å². The highest BCUT2D eigenvalue weighted by atomic mass is 16.5. The molecule has 132 valence electrons. The van der Waals surface area contributed by atoms with Crippen molar-refractivity contribution in [1.82, 2.24) is 0 Å². The van der Waals surface area contributed by atoms with Crippen LogP contribution >= 0.6 is 0 Å². The maximum Gasteiger partial charge on any atom is 0.330 e. The average Bonchev–Trinajstić information content (AvgIpc) is 2.67. The predicted molar refractivity (Wildman–Crippen MR) is 105 cm³/mol. The largest absolute Gasteiger partial charge is 0.462 e. The van der Waals surface area contributed by atoms with Crippen molar-refractivity contribution in [2.45, 2.75) is 39.5 Å². The molecule has 0 radical (unpaired) electrons. The first-order chi connectivity index (χ1) is 12.2. The normalized spacial score (nSPS) is 12.2. The van der Waals surface area contributed by atoms with Crippen LogP contribution in [0.4, 0.5) is 0 Å². The van der Waals surface area contributed by atoms with Crippen molar-refractivity contribution >= 4 is 12.0 Å².